The molecule has 0 spiro atoms. The Morgan fingerprint density at radius 1 is 1.50 bits per heavy atom. The zero-order valence-electron chi connectivity index (χ0n) is 8.26. The molecule has 0 saturated carbocycles. The zero-order valence-corrected chi connectivity index (χ0v) is 10.6. The second-order valence-corrected chi connectivity index (χ2v) is 4.35. The minimum Gasteiger partial charge on any atom is -0.322 e. The van der Waals surface area contributed by atoms with Crippen molar-refractivity contribution in [3.63, 3.8) is 0 Å². The van der Waals surface area contributed by atoms with Crippen molar-refractivity contribution in [3.05, 3.63) is 28.5 Å². The van der Waals surface area contributed by atoms with Gasteiger partial charge in [0.25, 0.3) is 0 Å². The Bertz CT molecular complexity index is 439. The lowest BCUT2D eigenvalue weighted by Crippen LogP contribution is -2.29. The summed E-state index contributed by atoms with van der Waals surface area (Å²) in [6.45, 7) is 1.19. The minimum atomic E-state index is -1.31. The Hall–Kier alpha value is -0.940. The molecule has 1 rings (SSSR count). The minimum absolute atomic E-state index is 0.0220. The standard InChI is InChI=1S/C10H8BrClFNO2/c1-5(15)8(12)10(16)14-7-4-2-3-6(11)9(7)13/h2-4,8H,1H3,(H,14,16). The number of anilines is 1. The highest BCUT2D eigenvalue weighted by molar-refractivity contribution is 9.10. The Morgan fingerprint density at radius 3 is 2.69 bits per heavy atom. The van der Waals surface area contributed by atoms with Crippen LogP contribution in [0.3, 0.4) is 0 Å². The van der Waals surface area contributed by atoms with Crippen molar-refractivity contribution in [3.8, 4) is 0 Å². The fraction of sp³-hybridized carbons (Fsp3) is 0.200. The van der Waals surface area contributed by atoms with Crippen LogP contribution < -0.4 is 5.32 Å². The maximum Gasteiger partial charge on any atom is 0.250 e. The molecule has 0 heterocycles. The number of amides is 1. The van der Waals surface area contributed by atoms with E-state index in [0.29, 0.717) is 0 Å². The summed E-state index contributed by atoms with van der Waals surface area (Å²) in [5.74, 6) is -1.84. The molecule has 0 saturated heterocycles. The molecular formula is C10H8BrClFNO2. The van der Waals surface area contributed by atoms with E-state index in [2.05, 4.69) is 21.2 Å². The molecule has 16 heavy (non-hydrogen) atoms. The van der Waals surface area contributed by atoms with Gasteiger partial charge < -0.3 is 5.32 Å². The number of hydrogen-bond donors (Lipinski definition) is 1. The number of halogens is 3. The number of nitrogens with one attached hydrogen (secondary N) is 1. The number of carbonyl (C=O) groups excluding carboxylic acids is 2. The molecular weight excluding hydrogens is 300 g/mol. The summed E-state index contributed by atoms with van der Waals surface area (Å²) in [7, 11) is 0. The van der Waals surface area contributed by atoms with Crippen molar-refractivity contribution in [2.75, 3.05) is 5.32 Å². The summed E-state index contributed by atoms with van der Waals surface area (Å²) in [6.07, 6.45) is 0. The van der Waals surface area contributed by atoms with Crippen LogP contribution in [0.15, 0.2) is 22.7 Å². The SMILES string of the molecule is CC(=O)C(Cl)C(=O)Nc1cccc(Br)c1F. The molecule has 0 fully saturated rings. The first-order chi connectivity index (χ1) is 7.43. The van der Waals surface area contributed by atoms with Crippen LogP contribution in [0.1, 0.15) is 6.92 Å². The van der Waals surface area contributed by atoms with Crippen LogP contribution in [0.4, 0.5) is 10.1 Å². The van der Waals surface area contributed by atoms with Crippen molar-refractivity contribution >= 4 is 44.9 Å². The largest absolute Gasteiger partial charge is 0.322 e. The van der Waals surface area contributed by atoms with Crippen LogP contribution in [-0.2, 0) is 9.59 Å². The molecule has 0 bridgehead atoms. The Morgan fingerprint density at radius 2 is 2.12 bits per heavy atom. The van der Waals surface area contributed by atoms with Gasteiger partial charge >= 0.3 is 0 Å². The van der Waals surface area contributed by atoms with E-state index >= 15 is 0 Å². The van der Waals surface area contributed by atoms with Crippen LogP contribution in [0.5, 0.6) is 0 Å². The molecule has 0 radical (unpaired) electrons. The lowest BCUT2D eigenvalue weighted by atomic mass is 10.2. The number of ketones is 1. The summed E-state index contributed by atoms with van der Waals surface area (Å²) in [5.41, 5.74) is -0.0220. The molecule has 0 aliphatic carbocycles. The van der Waals surface area contributed by atoms with Gasteiger partial charge in [0.05, 0.1) is 10.2 Å². The van der Waals surface area contributed by atoms with Crippen LogP contribution in [0.25, 0.3) is 0 Å². The molecule has 1 atom stereocenters. The van der Waals surface area contributed by atoms with E-state index in [-0.39, 0.29) is 10.2 Å². The second kappa shape index (κ2) is 5.41. The Kier molecular flexibility index (Phi) is 4.44. The van der Waals surface area contributed by atoms with Gasteiger partial charge in [-0.15, -0.1) is 11.6 Å². The normalized spacial score (nSPS) is 12.0. The number of alkyl halides is 1. The monoisotopic (exact) mass is 307 g/mol. The van der Waals surface area contributed by atoms with Gasteiger partial charge in [0.15, 0.2) is 17.0 Å². The van der Waals surface area contributed by atoms with Crippen LogP contribution in [0, 0.1) is 5.82 Å². The van der Waals surface area contributed by atoms with Gasteiger partial charge in [0, 0.05) is 0 Å². The fourth-order valence-electron chi connectivity index (χ4n) is 0.981. The van der Waals surface area contributed by atoms with Gasteiger partial charge in [-0.05, 0) is 35.0 Å². The van der Waals surface area contributed by atoms with E-state index in [1.54, 1.807) is 6.07 Å². The smallest absolute Gasteiger partial charge is 0.250 e. The predicted molar refractivity (Wildman–Crippen MR) is 63.1 cm³/mol. The average molecular weight is 309 g/mol. The maximum absolute atomic E-state index is 13.4. The molecule has 0 aliphatic heterocycles. The van der Waals surface area contributed by atoms with Gasteiger partial charge in [-0.25, -0.2) is 4.39 Å². The lowest BCUT2D eigenvalue weighted by Gasteiger charge is -2.09. The predicted octanol–water partition coefficient (Wildman–Crippen LogP) is 2.72. The van der Waals surface area contributed by atoms with Crippen molar-refractivity contribution in [1.29, 1.82) is 0 Å². The highest BCUT2D eigenvalue weighted by atomic mass is 79.9. The molecule has 0 aromatic heterocycles. The van der Waals surface area contributed by atoms with E-state index in [1.165, 1.54) is 19.1 Å². The summed E-state index contributed by atoms with van der Waals surface area (Å²) in [5, 5.41) is 0.928. The fourth-order valence-corrected chi connectivity index (χ4v) is 1.40. The molecule has 86 valence electrons. The van der Waals surface area contributed by atoms with Crippen molar-refractivity contribution in [2.24, 2.45) is 0 Å². The molecule has 3 nitrogen and oxygen atoms in total. The van der Waals surface area contributed by atoms with Crippen molar-refractivity contribution < 1.29 is 14.0 Å². The summed E-state index contributed by atoms with van der Waals surface area (Å²) in [6, 6.07) is 4.43. The molecule has 1 amide bonds. The molecule has 1 aromatic rings. The van der Waals surface area contributed by atoms with E-state index in [9.17, 15) is 14.0 Å². The molecule has 6 heteroatoms. The van der Waals surface area contributed by atoms with Crippen LogP contribution in [-0.4, -0.2) is 17.1 Å². The first kappa shape index (κ1) is 13.1. The third-order valence-electron chi connectivity index (χ3n) is 1.80. The molecule has 1 aromatic carbocycles. The molecule has 1 unspecified atom stereocenters. The first-order valence-corrected chi connectivity index (χ1v) is 5.56. The first-order valence-electron chi connectivity index (χ1n) is 4.33. The lowest BCUT2D eigenvalue weighted by molar-refractivity contribution is -0.123. The third-order valence-corrected chi connectivity index (χ3v) is 2.91. The maximum atomic E-state index is 13.4. The number of benzene rings is 1. The summed E-state index contributed by atoms with van der Waals surface area (Å²) >= 11 is 8.49. The average Bonchev–Trinajstić information content (AvgIpc) is 2.23. The third kappa shape index (κ3) is 3.02. The number of Topliss-reactive ketones (excluding diaryl/α,β-unsaturated/α-hetero) is 1. The Balaban J connectivity index is 2.85. The van der Waals surface area contributed by atoms with Gasteiger partial charge in [0.2, 0.25) is 5.91 Å². The molecule has 1 N–H and O–H groups in total. The second-order valence-electron chi connectivity index (χ2n) is 3.06. The Labute approximate surface area is 105 Å². The van der Waals surface area contributed by atoms with E-state index in [1.807, 2.05) is 0 Å². The van der Waals surface area contributed by atoms with Crippen LogP contribution in [0.2, 0.25) is 0 Å². The van der Waals surface area contributed by atoms with E-state index < -0.39 is 22.9 Å². The summed E-state index contributed by atoms with van der Waals surface area (Å²) < 4.78 is 13.7. The van der Waals surface area contributed by atoms with Gasteiger partial charge in [0.1, 0.15) is 0 Å². The number of hydrogen-bond acceptors (Lipinski definition) is 2. The van der Waals surface area contributed by atoms with E-state index in [4.69, 9.17) is 11.6 Å². The van der Waals surface area contributed by atoms with Crippen molar-refractivity contribution in [2.45, 2.75) is 12.3 Å². The topological polar surface area (TPSA) is 46.2 Å². The van der Waals surface area contributed by atoms with Gasteiger partial charge in [-0.1, -0.05) is 6.07 Å². The van der Waals surface area contributed by atoms with Crippen molar-refractivity contribution in [1.82, 2.24) is 0 Å². The number of rotatable bonds is 3. The highest BCUT2D eigenvalue weighted by Gasteiger charge is 2.21. The quantitative estimate of drug-likeness (QED) is 0.689. The number of carbonyl (C=O) groups is 2. The van der Waals surface area contributed by atoms with Gasteiger partial charge in [-0.3, -0.25) is 9.59 Å². The van der Waals surface area contributed by atoms with E-state index in [0.717, 1.165) is 0 Å². The molecule has 0 aliphatic rings. The van der Waals surface area contributed by atoms with Gasteiger partial charge in [-0.2, -0.15) is 0 Å². The highest BCUT2D eigenvalue weighted by Crippen LogP contribution is 2.22. The zero-order chi connectivity index (χ0) is 12.3. The van der Waals surface area contributed by atoms with Crippen LogP contribution >= 0.6 is 27.5 Å². The summed E-state index contributed by atoms with van der Waals surface area (Å²) in [4.78, 5) is 22.2.